The highest BCUT2D eigenvalue weighted by Crippen LogP contribution is 2.54. The zero-order valence-corrected chi connectivity index (χ0v) is 49.1. The second-order valence-corrected chi connectivity index (χ2v) is 23.7. The Kier molecular flexibility index (Phi) is 12.5. The lowest BCUT2D eigenvalue weighted by Gasteiger charge is -2.46. The highest BCUT2D eigenvalue weighted by atomic mass is 15.2. The van der Waals surface area contributed by atoms with Gasteiger partial charge >= 0.3 is 0 Å². The van der Waals surface area contributed by atoms with Gasteiger partial charge in [0.2, 0.25) is 0 Å². The number of aromatic nitrogens is 2. The van der Waals surface area contributed by atoms with Crippen LogP contribution in [0.3, 0.4) is 0 Å². The van der Waals surface area contributed by atoms with Gasteiger partial charge in [0.15, 0.2) is 0 Å². The standard InChI is InChI=1S/C83H61BN4/c1-2-3-8-27-56-52-79-81-80(53-56)88(83-65(59-32-13-6-14-33-59)42-26-43-66(83)60-34-15-7-16-35-60)78-55-62(86-75-46-23-19-38-69(75)70-39-20-24-47-76(70)86)49-51-72(78)84(81)71-50-48-61(85-73-44-21-17-36-67(73)68-37-18-22-45-74(68)85)54-77(71)87(79)82-63(57-28-9-4-10-29-57)40-25-41-64(82)58-30-11-5-12-31-58/h4-7,9-26,28-55H,2-3,8,27H2,1H3. The first-order valence-corrected chi connectivity index (χ1v) is 31.2. The molecule has 0 aliphatic carbocycles. The Balaban J connectivity index is 1.04. The van der Waals surface area contributed by atoms with E-state index in [-0.39, 0.29) is 6.71 Å². The van der Waals surface area contributed by atoms with Crippen LogP contribution in [0.2, 0.25) is 0 Å². The summed E-state index contributed by atoms with van der Waals surface area (Å²) >= 11 is 0. The molecule has 0 unspecified atom stereocenters. The highest BCUT2D eigenvalue weighted by Gasteiger charge is 2.45. The number of aryl methyl sites for hydroxylation is 1. The third-order valence-corrected chi connectivity index (χ3v) is 18.7. The smallest absolute Gasteiger partial charge is 0.252 e. The molecule has 0 bridgehead atoms. The summed E-state index contributed by atoms with van der Waals surface area (Å²) in [6.45, 7) is 2.15. The first-order valence-electron chi connectivity index (χ1n) is 31.2. The van der Waals surface area contributed by atoms with Gasteiger partial charge in [-0.05, 0) is 118 Å². The molecule has 0 fully saturated rings. The van der Waals surface area contributed by atoms with E-state index in [2.05, 4.69) is 329 Å². The van der Waals surface area contributed by atoms with E-state index in [1.807, 2.05) is 0 Å². The molecule has 0 atom stereocenters. The molecule has 2 aliphatic heterocycles. The maximum absolute atomic E-state index is 2.70. The summed E-state index contributed by atoms with van der Waals surface area (Å²) in [6.07, 6.45) is 4.28. The van der Waals surface area contributed by atoms with Crippen LogP contribution in [0.1, 0.15) is 31.7 Å². The zero-order valence-electron chi connectivity index (χ0n) is 49.1. The minimum atomic E-state index is -0.167. The molecule has 0 spiro atoms. The second-order valence-electron chi connectivity index (χ2n) is 23.7. The van der Waals surface area contributed by atoms with Crippen molar-refractivity contribution in [1.82, 2.24) is 9.13 Å². The number of rotatable bonds is 12. The first kappa shape index (κ1) is 51.5. The van der Waals surface area contributed by atoms with Gasteiger partial charge < -0.3 is 18.9 Å². The van der Waals surface area contributed by atoms with Crippen molar-refractivity contribution in [2.45, 2.75) is 32.6 Å². The van der Waals surface area contributed by atoms with Gasteiger partial charge in [0.05, 0.1) is 33.4 Å². The summed E-state index contributed by atoms with van der Waals surface area (Å²) < 4.78 is 4.99. The molecule has 17 rings (SSSR count). The maximum atomic E-state index is 2.70. The molecule has 88 heavy (non-hydrogen) atoms. The maximum Gasteiger partial charge on any atom is 0.252 e. The molecule has 2 aliphatic rings. The van der Waals surface area contributed by atoms with Gasteiger partial charge in [0.1, 0.15) is 0 Å². The third-order valence-electron chi connectivity index (χ3n) is 18.7. The number of fused-ring (bicyclic) bond motifs is 10. The van der Waals surface area contributed by atoms with Gasteiger partial charge in [-0.1, -0.05) is 262 Å². The number of nitrogens with zero attached hydrogens (tertiary/aromatic N) is 4. The molecule has 2 aromatic heterocycles. The van der Waals surface area contributed by atoms with Gasteiger partial charge in [0, 0.05) is 77.9 Å². The van der Waals surface area contributed by atoms with Crippen LogP contribution < -0.4 is 26.2 Å². The van der Waals surface area contributed by atoms with E-state index < -0.39 is 0 Å². The number of hydrogen-bond donors (Lipinski definition) is 0. The van der Waals surface area contributed by atoms with Crippen LogP contribution >= 0.6 is 0 Å². The van der Waals surface area contributed by atoms with Gasteiger partial charge in [-0.15, -0.1) is 0 Å². The SMILES string of the molecule is CCCCCc1cc2c3c(c1)N(c1c(-c4ccccc4)cccc1-c1ccccc1)c1cc(-n4c5ccccc5c5ccccc54)ccc1B3c1ccc(-n3c4ccccc4c4ccccc43)cc1N2c1c(-c2ccccc2)cccc1-c1ccccc1. The van der Waals surface area contributed by atoms with E-state index >= 15 is 0 Å². The quantitative estimate of drug-likeness (QED) is 0.0895. The summed E-state index contributed by atoms with van der Waals surface area (Å²) in [4.78, 5) is 5.40. The van der Waals surface area contributed by atoms with Crippen molar-refractivity contribution < 1.29 is 0 Å². The van der Waals surface area contributed by atoms with E-state index in [1.54, 1.807) is 0 Å². The number of hydrogen-bond acceptors (Lipinski definition) is 2. The fourth-order valence-electron chi connectivity index (χ4n) is 14.9. The third kappa shape index (κ3) is 8.22. The lowest BCUT2D eigenvalue weighted by atomic mass is 9.33. The Labute approximate surface area is 514 Å². The molecule has 0 N–H and O–H groups in total. The number of unbranched alkanes of at least 4 members (excludes halogenated alkanes) is 2. The average Bonchev–Trinajstić information content (AvgIpc) is 0.882. The second kappa shape index (κ2) is 21.3. The molecule has 0 saturated carbocycles. The van der Waals surface area contributed by atoms with Gasteiger partial charge in [-0.25, -0.2) is 0 Å². The van der Waals surface area contributed by atoms with Crippen LogP contribution in [0.15, 0.2) is 303 Å². The monoisotopic (exact) mass is 1120 g/mol. The van der Waals surface area contributed by atoms with Gasteiger partial charge in [0.25, 0.3) is 6.71 Å². The van der Waals surface area contributed by atoms with E-state index in [4.69, 9.17) is 0 Å². The van der Waals surface area contributed by atoms with Crippen molar-refractivity contribution in [3.8, 4) is 55.9 Å². The van der Waals surface area contributed by atoms with E-state index in [0.29, 0.717) is 0 Å². The van der Waals surface area contributed by atoms with Gasteiger partial charge in [-0.2, -0.15) is 0 Å². The highest BCUT2D eigenvalue weighted by molar-refractivity contribution is 7.00. The number of para-hydroxylation sites is 6. The normalized spacial score (nSPS) is 12.5. The van der Waals surface area contributed by atoms with Crippen LogP contribution in [0.4, 0.5) is 34.1 Å². The molecule has 15 aromatic rings. The summed E-state index contributed by atoms with van der Waals surface area (Å²) in [5, 5.41) is 4.97. The predicted octanol–water partition coefficient (Wildman–Crippen LogP) is 20.4. The zero-order chi connectivity index (χ0) is 58.2. The summed E-state index contributed by atoms with van der Waals surface area (Å²) in [5.41, 5.74) is 28.5. The fraction of sp³-hybridized carbons (Fsp3) is 0.0602. The Morgan fingerprint density at radius 3 is 0.966 bits per heavy atom. The van der Waals surface area contributed by atoms with Crippen molar-refractivity contribution in [2.24, 2.45) is 0 Å². The lowest BCUT2D eigenvalue weighted by Crippen LogP contribution is -2.61. The molecule has 416 valence electrons. The molecule has 0 amide bonds. The molecule has 0 saturated heterocycles. The lowest BCUT2D eigenvalue weighted by molar-refractivity contribution is 0.717. The Morgan fingerprint density at radius 2 is 0.625 bits per heavy atom. The van der Waals surface area contributed by atoms with E-state index in [0.717, 1.165) is 59.8 Å². The summed E-state index contributed by atoms with van der Waals surface area (Å²) in [6, 6.07) is 114. The molecule has 4 heterocycles. The molecular formula is C83H61BN4. The van der Waals surface area contributed by atoms with Crippen LogP contribution in [-0.2, 0) is 6.42 Å². The van der Waals surface area contributed by atoms with Crippen LogP contribution in [0.25, 0.3) is 99.5 Å². The van der Waals surface area contributed by atoms with Crippen molar-refractivity contribution in [3.63, 3.8) is 0 Å². The number of benzene rings is 13. The molecule has 5 heteroatoms. The van der Waals surface area contributed by atoms with Crippen LogP contribution in [0.5, 0.6) is 0 Å². The Bertz CT molecular complexity index is 4640. The van der Waals surface area contributed by atoms with Crippen molar-refractivity contribution in [2.75, 3.05) is 9.80 Å². The fourth-order valence-corrected chi connectivity index (χ4v) is 14.9. The van der Waals surface area contributed by atoms with Crippen molar-refractivity contribution in [3.05, 3.63) is 309 Å². The largest absolute Gasteiger partial charge is 0.310 e. The van der Waals surface area contributed by atoms with Crippen LogP contribution in [-0.4, -0.2) is 15.8 Å². The van der Waals surface area contributed by atoms with Gasteiger partial charge in [-0.3, -0.25) is 0 Å². The topological polar surface area (TPSA) is 16.3 Å². The Morgan fingerprint density at radius 1 is 0.295 bits per heavy atom. The predicted molar refractivity (Wildman–Crippen MR) is 374 cm³/mol. The van der Waals surface area contributed by atoms with E-state index in [1.165, 1.54) is 121 Å². The first-order chi connectivity index (χ1) is 43.7. The van der Waals surface area contributed by atoms with Crippen molar-refractivity contribution in [1.29, 1.82) is 0 Å². The molecule has 13 aromatic carbocycles. The number of anilines is 6. The minimum Gasteiger partial charge on any atom is -0.310 e. The summed E-state index contributed by atoms with van der Waals surface area (Å²) in [7, 11) is 0. The van der Waals surface area contributed by atoms with Crippen LogP contribution in [0, 0.1) is 0 Å². The molecular weight excluding hydrogens is 1060 g/mol. The minimum absolute atomic E-state index is 0.167. The average molecular weight is 1130 g/mol. The summed E-state index contributed by atoms with van der Waals surface area (Å²) in [5.74, 6) is 0. The van der Waals surface area contributed by atoms with E-state index in [9.17, 15) is 0 Å². The Hall–Kier alpha value is -10.9. The molecule has 4 nitrogen and oxygen atoms in total. The molecule has 0 radical (unpaired) electrons. The van der Waals surface area contributed by atoms with Crippen molar-refractivity contribution >= 4 is 101 Å².